The maximum atomic E-state index is 5.67. The van der Waals surface area contributed by atoms with Crippen molar-refractivity contribution in [3.63, 3.8) is 0 Å². The van der Waals surface area contributed by atoms with Crippen LogP contribution in [0.25, 0.3) is 0 Å². The molecule has 0 aromatic heterocycles. The fourth-order valence-corrected chi connectivity index (χ4v) is 3.61. The molecule has 1 spiro atoms. The number of rotatable bonds is 2. The van der Waals surface area contributed by atoms with Crippen LogP contribution >= 0.6 is 16.4 Å². The van der Waals surface area contributed by atoms with Gasteiger partial charge >= 0.3 is 0 Å². The molecule has 0 amide bonds. The van der Waals surface area contributed by atoms with Gasteiger partial charge in [0.15, 0.2) is 5.79 Å². The van der Waals surface area contributed by atoms with E-state index >= 15 is 0 Å². The zero-order valence-electron chi connectivity index (χ0n) is 7.79. The summed E-state index contributed by atoms with van der Waals surface area (Å²) in [5.74, 6) is 0.705. The van der Waals surface area contributed by atoms with Crippen molar-refractivity contribution in [1.29, 1.82) is 0 Å². The summed E-state index contributed by atoms with van der Waals surface area (Å²) >= 11 is 0. The highest BCUT2D eigenvalue weighted by Crippen LogP contribution is 2.39. The number of hydrogen-bond donors (Lipinski definition) is 0. The van der Waals surface area contributed by atoms with E-state index in [0.717, 1.165) is 32.0 Å². The molecule has 0 bridgehead atoms. The van der Waals surface area contributed by atoms with Crippen molar-refractivity contribution in [1.82, 2.24) is 0 Å². The third-order valence-corrected chi connectivity index (χ3v) is 4.28. The summed E-state index contributed by atoms with van der Waals surface area (Å²) < 4.78 is 11.3. The van der Waals surface area contributed by atoms with Crippen LogP contribution in [0, 0.1) is 5.92 Å². The Bertz CT molecular complexity index is 180. The smallest absolute Gasteiger partial charge is 0.168 e. The predicted octanol–water partition coefficient (Wildman–Crippen LogP) is 2.92. The molecule has 2 fully saturated rings. The van der Waals surface area contributed by atoms with Gasteiger partial charge < -0.3 is 9.47 Å². The van der Waals surface area contributed by atoms with Gasteiger partial charge in [-0.2, -0.15) is 0 Å². The fourth-order valence-electron chi connectivity index (χ4n) is 2.21. The van der Waals surface area contributed by atoms with E-state index in [4.69, 9.17) is 9.47 Å². The molecule has 0 aromatic carbocycles. The van der Waals surface area contributed by atoms with E-state index in [0.29, 0.717) is 0 Å². The van der Waals surface area contributed by atoms with Gasteiger partial charge in [0.05, 0.1) is 13.2 Å². The molecule has 13 heavy (non-hydrogen) atoms. The molecule has 2 nitrogen and oxygen atoms in total. The Morgan fingerprint density at radius 1 is 1.23 bits per heavy atom. The quantitative estimate of drug-likeness (QED) is 0.663. The zero-order valence-corrected chi connectivity index (χ0v) is 9.69. The zero-order chi connectivity index (χ0) is 9.15. The lowest BCUT2D eigenvalue weighted by atomic mass is 9.86. The SMILES string of the molecule is P=PCC1CCC2(CC1)OCCO2. The van der Waals surface area contributed by atoms with Gasteiger partial charge in [-0.25, -0.2) is 0 Å². The first-order valence-corrected chi connectivity index (χ1v) is 7.38. The fraction of sp³-hybridized carbons (Fsp3) is 1.00. The second-order valence-electron chi connectivity index (χ2n) is 3.89. The molecule has 0 unspecified atom stereocenters. The van der Waals surface area contributed by atoms with Crippen molar-refractivity contribution in [3.05, 3.63) is 0 Å². The lowest BCUT2D eigenvalue weighted by Gasteiger charge is -2.34. The monoisotopic (exact) mass is 218 g/mol. The second-order valence-corrected chi connectivity index (χ2v) is 5.52. The van der Waals surface area contributed by atoms with E-state index in [1.54, 1.807) is 0 Å². The average Bonchev–Trinajstić information content (AvgIpc) is 2.59. The van der Waals surface area contributed by atoms with Crippen LogP contribution in [0.1, 0.15) is 25.7 Å². The summed E-state index contributed by atoms with van der Waals surface area (Å²) in [5.41, 5.74) is 0. The van der Waals surface area contributed by atoms with Gasteiger partial charge in [-0.1, -0.05) is 16.4 Å². The van der Waals surface area contributed by atoms with Crippen molar-refractivity contribution in [2.45, 2.75) is 31.5 Å². The standard InChI is InChI=1S/C9H16O2P2/c12-13-7-8-1-3-9(4-2-8)10-5-6-11-9/h8,12H,1-7H2. The molecule has 1 aliphatic carbocycles. The van der Waals surface area contributed by atoms with E-state index in [-0.39, 0.29) is 5.79 Å². The summed E-state index contributed by atoms with van der Waals surface area (Å²) in [6.07, 6.45) is 5.99. The topological polar surface area (TPSA) is 18.5 Å². The molecular weight excluding hydrogens is 202 g/mol. The normalized spacial score (nSPS) is 28.6. The van der Waals surface area contributed by atoms with Gasteiger partial charge in [0.2, 0.25) is 0 Å². The van der Waals surface area contributed by atoms with Gasteiger partial charge in [0.25, 0.3) is 0 Å². The van der Waals surface area contributed by atoms with Gasteiger partial charge in [-0.05, 0) is 24.9 Å². The van der Waals surface area contributed by atoms with Gasteiger partial charge in [-0.3, -0.25) is 0 Å². The summed E-state index contributed by atoms with van der Waals surface area (Å²) in [7, 11) is 4.85. The third kappa shape index (κ3) is 2.30. The predicted molar refractivity (Wildman–Crippen MR) is 56.7 cm³/mol. The molecule has 1 saturated heterocycles. The van der Waals surface area contributed by atoms with Crippen LogP contribution in [0.4, 0.5) is 0 Å². The Morgan fingerprint density at radius 2 is 1.85 bits per heavy atom. The van der Waals surface area contributed by atoms with Crippen molar-refractivity contribution < 1.29 is 9.47 Å². The molecule has 0 radical (unpaired) electrons. The van der Waals surface area contributed by atoms with E-state index in [9.17, 15) is 0 Å². The van der Waals surface area contributed by atoms with Crippen molar-refractivity contribution in [2.75, 3.05) is 19.4 Å². The van der Waals surface area contributed by atoms with Gasteiger partial charge in [0.1, 0.15) is 0 Å². The van der Waals surface area contributed by atoms with Crippen LogP contribution in [-0.2, 0) is 9.47 Å². The Labute approximate surface area is 83.2 Å². The molecule has 1 saturated carbocycles. The Morgan fingerprint density at radius 3 is 2.38 bits per heavy atom. The molecule has 2 aliphatic rings. The minimum atomic E-state index is -0.168. The number of ether oxygens (including phenoxy) is 2. The Hall–Kier alpha value is 0.520. The second kappa shape index (κ2) is 4.36. The maximum absolute atomic E-state index is 5.67. The molecule has 0 N–H and O–H groups in total. The summed E-state index contributed by atoms with van der Waals surface area (Å²) in [4.78, 5) is 0. The molecule has 1 heterocycles. The Kier molecular flexibility index (Phi) is 3.37. The summed E-state index contributed by atoms with van der Waals surface area (Å²) in [6, 6.07) is 0. The minimum Gasteiger partial charge on any atom is -0.348 e. The lowest BCUT2D eigenvalue weighted by Crippen LogP contribution is -2.35. The van der Waals surface area contributed by atoms with Crippen molar-refractivity contribution >= 4 is 16.4 Å². The lowest BCUT2D eigenvalue weighted by molar-refractivity contribution is -0.181. The van der Waals surface area contributed by atoms with Crippen LogP contribution < -0.4 is 0 Å². The molecule has 4 heteroatoms. The van der Waals surface area contributed by atoms with Crippen LogP contribution in [0.5, 0.6) is 0 Å². The highest BCUT2D eigenvalue weighted by atomic mass is 31.7. The molecule has 1 aliphatic heterocycles. The highest BCUT2D eigenvalue weighted by molar-refractivity contribution is 7.74. The largest absolute Gasteiger partial charge is 0.348 e. The molecule has 0 atom stereocenters. The third-order valence-electron chi connectivity index (χ3n) is 3.03. The Balaban J connectivity index is 1.84. The van der Waals surface area contributed by atoms with E-state index in [2.05, 4.69) is 8.53 Å². The maximum Gasteiger partial charge on any atom is 0.168 e. The van der Waals surface area contributed by atoms with Crippen molar-refractivity contribution in [2.24, 2.45) is 5.92 Å². The highest BCUT2D eigenvalue weighted by Gasteiger charge is 2.39. The first-order valence-electron chi connectivity index (χ1n) is 4.96. The molecular formula is C9H16O2P2. The van der Waals surface area contributed by atoms with Crippen LogP contribution in [-0.4, -0.2) is 25.2 Å². The van der Waals surface area contributed by atoms with Crippen LogP contribution in [0.15, 0.2) is 0 Å². The van der Waals surface area contributed by atoms with Gasteiger partial charge in [0, 0.05) is 12.8 Å². The van der Waals surface area contributed by atoms with E-state index < -0.39 is 0 Å². The van der Waals surface area contributed by atoms with E-state index in [1.165, 1.54) is 26.9 Å². The summed E-state index contributed by atoms with van der Waals surface area (Å²) in [6.45, 7) is 1.59. The van der Waals surface area contributed by atoms with Crippen LogP contribution in [0.3, 0.4) is 0 Å². The minimum absolute atomic E-state index is 0.168. The molecule has 0 aromatic rings. The molecule has 74 valence electrons. The van der Waals surface area contributed by atoms with Crippen LogP contribution in [0.2, 0.25) is 0 Å². The number of hydrogen-bond acceptors (Lipinski definition) is 2. The van der Waals surface area contributed by atoms with Gasteiger partial charge in [-0.15, -0.1) is 0 Å². The van der Waals surface area contributed by atoms with Crippen molar-refractivity contribution in [3.8, 4) is 0 Å². The van der Waals surface area contributed by atoms with E-state index in [1.807, 2.05) is 0 Å². The average molecular weight is 218 g/mol. The first kappa shape index (κ1) is 10.1. The molecule has 2 rings (SSSR count). The first-order chi connectivity index (χ1) is 6.35. The summed E-state index contributed by atoms with van der Waals surface area (Å²) in [5, 5.41) is 0.